The number of nitrogens with two attached hydrogens (primary N) is 1. The van der Waals surface area contributed by atoms with Crippen LogP contribution in [0.4, 0.5) is 0 Å². The Bertz CT molecular complexity index is 208. The second-order valence-electron chi connectivity index (χ2n) is 4.41. The summed E-state index contributed by atoms with van der Waals surface area (Å²) in [7, 11) is 2.15. The Balaban J connectivity index is 2.40. The molecule has 0 spiro atoms. The number of rotatable bonds is 4. The number of piperidine rings is 1. The van der Waals surface area contributed by atoms with Gasteiger partial charge in [0.1, 0.15) is 0 Å². The Morgan fingerprint density at radius 1 is 1.60 bits per heavy atom. The summed E-state index contributed by atoms with van der Waals surface area (Å²) in [6, 6.07) is 0. The molecule has 1 aliphatic heterocycles. The summed E-state index contributed by atoms with van der Waals surface area (Å²) in [6.07, 6.45) is 2.48. The van der Waals surface area contributed by atoms with E-state index in [4.69, 9.17) is 5.73 Å². The summed E-state index contributed by atoms with van der Waals surface area (Å²) in [5.41, 5.74) is 5.38. The van der Waals surface area contributed by atoms with Crippen molar-refractivity contribution >= 4 is 5.91 Å². The van der Waals surface area contributed by atoms with Crippen LogP contribution in [-0.4, -0.2) is 55.5 Å². The highest BCUT2D eigenvalue weighted by Gasteiger charge is 2.21. The molecule has 1 rings (SSSR count). The van der Waals surface area contributed by atoms with E-state index in [9.17, 15) is 4.79 Å². The zero-order valence-corrected chi connectivity index (χ0v) is 9.91. The molecule has 0 aromatic heterocycles. The van der Waals surface area contributed by atoms with Crippen LogP contribution in [0.3, 0.4) is 0 Å². The Morgan fingerprint density at radius 3 is 2.87 bits per heavy atom. The molecular formula is C11H23N3O. The molecule has 4 heteroatoms. The summed E-state index contributed by atoms with van der Waals surface area (Å²) in [5, 5.41) is 0. The molecule has 4 nitrogen and oxygen atoms in total. The van der Waals surface area contributed by atoms with Crippen molar-refractivity contribution in [3.8, 4) is 0 Å². The first-order chi connectivity index (χ1) is 7.17. The molecule has 0 bridgehead atoms. The van der Waals surface area contributed by atoms with Gasteiger partial charge in [0, 0.05) is 19.6 Å². The lowest BCUT2D eigenvalue weighted by Gasteiger charge is -2.33. The minimum atomic E-state index is 0.0747. The summed E-state index contributed by atoms with van der Waals surface area (Å²) < 4.78 is 0. The van der Waals surface area contributed by atoms with E-state index in [-0.39, 0.29) is 12.5 Å². The first kappa shape index (κ1) is 12.5. The van der Waals surface area contributed by atoms with E-state index < -0.39 is 0 Å². The second-order valence-corrected chi connectivity index (χ2v) is 4.41. The number of hydrogen-bond acceptors (Lipinski definition) is 3. The Labute approximate surface area is 92.4 Å². The molecule has 0 saturated carbocycles. The van der Waals surface area contributed by atoms with Gasteiger partial charge in [0.15, 0.2) is 0 Å². The van der Waals surface area contributed by atoms with E-state index in [1.54, 1.807) is 0 Å². The standard InChI is InChI=1S/C11H23N3O/c1-3-14(11(15)7-12)9-10-5-4-6-13(2)8-10/h10H,3-9,12H2,1-2H3/t10-/m0/s1. The maximum atomic E-state index is 11.5. The Hall–Kier alpha value is -0.610. The number of nitrogens with zero attached hydrogens (tertiary/aromatic N) is 2. The maximum Gasteiger partial charge on any atom is 0.236 e. The molecule has 1 fully saturated rings. The first-order valence-corrected chi connectivity index (χ1v) is 5.83. The minimum Gasteiger partial charge on any atom is -0.342 e. The normalized spacial score (nSPS) is 22.7. The van der Waals surface area contributed by atoms with Gasteiger partial charge in [-0.3, -0.25) is 4.79 Å². The van der Waals surface area contributed by atoms with Gasteiger partial charge in [0.05, 0.1) is 6.54 Å². The molecule has 1 atom stereocenters. The minimum absolute atomic E-state index is 0.0747. The SMILES string of the molecule is CCN(C[C@H]1CCCN(C)C1)C(=O)CN. The summed E-state index contributed by atoms with van der Waals surface area (Å²) in [4.78, 5) is 15.7. The Morgan fingerprint density at radius 2 is 2.33 bits per heavy atom. The van der Waals surface area contributed by atoms with Crippen molar-refractivity contribution in [2.45, 2.75) is 19.8 Å². The lowest BCUT2D eigenvalue weighted by atomic mass is 9.98. The predicted molar refractivity (Wildman–Crippen MR) is 61.5 cm³/mol. The molecule has 1 amide bonds. The number of likely N-dealkylation sites (N-methyl/N-ethyl adjacent to an activating group) is 1. The molecule has 88 valence electrons. The first-order valence-electron chi connectivity index (χ1n) is 5.83. The van der Waals surface area contributed by atoms with Gasteiger partial charge in [0.25, 0.3) is 0 Å². The van der Waals surface area contributed by atoms with Gasteiger partial charge in [-0.25, -0.2) is 0 Å². The number of carbonyl (C=O) groups is 1. The molecule has 2 N–H and O–H groups in total. The Kier molecular flexibility index (Phi) is 5.05. The topological polar surface area (TPSA) is 49.6 Å². The second kappa shape index (κ2) is 6.08. The highest BCUT2D eigenvalue weighted by atomic mass is 16.2. The van der Waals surface area contributed by atoms with Crippen LogP contribution in [-0.2, 0) is 4.79 Å². The number of amides is 1. The van der Waals surface area contributed by atoms with Crippen LogP contribution < -0.4 is 5.73 Å². The van der Waals surface area contributed by atoms with Gasteiger partial charge in [0.2, 0.25) is 5.91 Å². The van der Waals surface area contributed by atoms with Crippen molar-refractivity contribution in [3.05, 3.63) is 0 Å². The van der Waals surface area contributed by atoms with Gasteiger partial charge in [-0.2, -0.15) is 0 Å². The van der Waals surface area contributed by atoms with Crippen LogP contribution in [0, 0.1) is 5.92 Å². The lowest BCUT2D eigenvalue weighted by molar-refractivity contribution is -0.130. The largest absolute Gasteiger partial charge is 0.342 e. The van der Waals surface area contributed by atoms with Crippen molar-refractivity contribution in [1.82, 2.24) is 9.80 Å². The zero-order valence-electron chi connectivity index (χ0n) is 9.91. The van der Waals surface area contributed by atoms with Crippen LogP contribution in [0.2, 0.25) is 0 Å². The smallest absolute Gasteiger partial charge is 0.236 e. The third-order valence-electron chi connectivity index (χ3n) is 3.11. The van der Waals surface area contributed by atoms with Gasteiger partial charge < -0.3 is 15.5 Å². The molecule has 1 heterocycles. The van der Waals surface area contributed by atoms with Crippen LogP contribution in [0.5, 0.6) is 0 Å². The monoisotopic (exact) mass is 213 g/mol. The third kappa shape index (κ3) is 3.80. The molecule has 0 aromatic carbocycles. The highest BCUT2D eigenvalue weighted by molar-refractivity contribution is 5.77. The van der Waals surface area contributed by atoms with Crippen LogP contribution in [0.15, 0.2) is 0 Å². The van der Waals surface area contributed by atoms with E-state index in [1.807, 2.05) is 11.8 Å². The molecule has 0 aromatic rings. The average Bonchev–Trinajstić information content (AvgIpc) is 2.25. The van der Waals surface area contributed by atoms with Crippen molar-refractivity contribution in [1.29, 1.82) is 0 Å². The number of likely N-dealkylation sites (tertiary alicyclic amines) is 1. The van der Waals surface area contributed by atoms with Crippen LogP contribution in [0.25, 0.3) is 0 Å². The van der Waals surface area contributed by atoms with Crippen molar-refractivity contribution in [3.63, 3.8) is 0 Å². The highest BCUT2D eigenvalue weighted by Crippen LogP contribution is 2.16. The summed E-state index contributed by atoms with van der Waals surface area (Å²) >= 11 is 0. The van der Waals surface area contributed by atoms with Crippen molar-refractivity contribution in [2.75, 3.05) is 39.8 Å². The molecule has 1 saturated heterocycles. The zero-order chi connectivity index (χ0) is 11.3. The predicted octanol–water partition coefficient (Wildman–Crippen LogP) is 0.135. The van der Waals surface area contributed by atoms with E-state index in [0.717, 1.165) is 19.6 Å². The van der Waals surface area contributed by atoms with Gasteiger partial charge in [-0.1, -0.05) is 0 Å². The van der Waals surface area contributed by atoms with Gasteiger partial charge in [-0.15, -0.1) is 0 Å². The van der Waals surface area contributed by atoms with E-state index in [1.165, 1.54) is 19.4 Å². The molecule has 15 heavy (non-hydrogen) atoms. The summed E-state index contributed by atoms with van der Waals surface area (Å²) in [5.74, 6) is 0.699. The number of carbonyl (C=O) groups excluding carboxylic acids is 1. The van der Waals surface area contributed by atoms with Crippen molar-refractivity contribution < 1.29 is 4.79 Å². The quantitative estimate of drug-likeness (QED) is 0.722. The van der Waals surface area contributed by atoms with Gasteiger partial charge in [-0.05, 0) is 39.3 Å². The fourth-order valence-corrected chi connectivity index (χ4v) is 2.27. The van der Waals surface area contributed by atoms with Crippen molar-refractivity contribution in [2.24, 2.45) is 11.7 Å². The van der Waals surface area contributed by atoms with Gasteiger partial charge >= 0.3 is 0 Å². The van der Waals surface area contributed by atoms with E-state index >= 15 is 0 Å². The fraction of sp³-hybridized carbons (Fsp3) is 0.909. The lowest BCUT2D eigenvalue weighted by Crippen LogP contribution is -2.43. The van der Waals surface area contributed by atoms with E-state index in [0.29, 0.717) is 5.92 Å². The molecule has 0 aliphatic carbocycles. The third-order valence-corrected chi connectivity index (χ3v) is 3.11. The molecule has 1 aliphatic rings. The maximum absolute atomic E-state index is 11.5. The van der Waals surface area contributed by atoms with Crippen LogP contribution >= 0.6 is 0 Å². The molecular weight excluding hydrogens is 190 g/mol. The summed E-state index contributed by atoms with van der Waals surface area (Å²) in [6.45, 7) is 6.09. The van der Waals surface area contributed by atoms with E-state index in [2.05, 4.69) is 11.9 Å². The molecule has 0 unspecified atom stereocenters. The fourth-order valence-electron chi connectivity index (χ4n) is 2.27. The number of hydrogen-bond donors (Lipinski definition) is 1. The molecule has 0 radical (unpaired) electrons. The van der Waals surface area contributed by atoms with Crippen LogP contribution in [0.1, 0.15) is 19.8 Å². The average molecular weight is 213 g/mol.